The van der Waals surface area contributed by atoms with Crippen LogP contribution in [0.4, 0.5) is 0 Å². The van der Waals surface area contributed by atoms with E-state index in [9.17, 15) is 0 Å². The van der Waals surface area contributed by atoms with Gasteiger partial charge in [-0.1, -0.05) is 6.07 Å². The topological polar surface area (TPSA) is 37.4 Å². The molecule has 1 unspecified atom stereocenters. The van der Waals surface area contributed by atoms with E-state index in [2.05, 4.69) is 28.3 Å². The molecule has 2 fully saturated rings. The van der Waals surface area contributed by atoms with Gasteiger partial charge in [0.1, 0.15) is 6.10 Å². The first-order valence-electron chi connectivity index (χ1n) is 6.84. The Kier molecular flexibility index (Phi) is 3.48. The Balaban J connectivity index is 1.62. The fraction of sp³-hybridized carbons (Fsp3) is 0.643. The molecule has 1 aromatic rings. The van der Waals surface area contributed by atoms with Gasteiger partial charge in [0.2, 0.25) is 5.88 Å². The average Bonchev–Trinajstić information content (AvgIpc) is 3.12. The number of hydrogen-bond donors (Lipinski definition) is 1. The largest absolute Gasteiger partial charge is 0.473 e. The summed E-state index contributed by atoms with van der Waals surface area (Å²) in [4.78, 5) is 6.69. The second-order valence-electron chi connectivity index (χ2n) is 5.41. The second kappa shape index (κ2) is 5.24. The van der Waals surface area contributed by atoms with Crippen LogP contribution in [0.5, 0.6) is 5.88 Å². The van der Waals surface area contributed by atoms with E-state index in [4.69, 9.17) is 4.74 Å². The first-order chi connectivity index (χ1) is 8.81. The third kappa shape index (κ3) is 3.00. The maximum atomic E-state index is 6.04. The summed E-state index contributed by atoms with van der Waals surface area (Å²) in [6.45, 7) is 3.00. The molecule has 3 rings (SSSR count). The fourth-order valence-corrected chi connectivity index (χ4v) is 2.36. The monoisotopic (exact) mass is 247 g/mol. The smallest absolute Gasteiger partial charge is 0.218 e. The van der Waals surface area contributed by atoms with E-state index in [1.807, 2.05) is 12.3 Å². The summed E-state index contributed by atoms with van der Waals surface area (Å²) in [5.41, 5.74) is 1.18. The molecule has 18 heavy (non-hydrogen) atoms. The minimum Gasteiger partial charge on any atom is -0.473 e. The highest BCUT2D eigenvalue weighted by atomic mass is 16.5. The number of hydrogen-bond acceptors (Lipinski definition) is 4. The molecule has 4 heteroatoms. The third-order valence-corrected chi connectivity index (χ3v) is 3.63. The van der Waals surface area contributed by atoms with E-state index < -0.39 is 0 Å². The molecule has 4 nitrogen and oxygen atoms in total. The van der Waals surface area contributed by atoms with Gasteiger partial charge in [-0.15, -0.1) is 0 Å². The molecule has 2 aliphatic rings. The predicted octanol–water partition coefficient (Wildman–Crippen LogP) is 1.42. The summed E-state index contributed by atoms with van der Waals surface area (Å²) in [5, 5.41) is 3.52. The van der Waals surface area contributed by atoms with Crippen LogP contribution in [0, 0.1) is 0 Å². The molecule has 2 heterocycles. The molecule has 0 radical (unpaired) electrons. The minimum absolute atomic E-state index is 0.296. The van der Waals surface area contributed by atoms with E-state index in [1.54, 1.807) is 0 Å². The van der Waals surface area contributed by atoms with E-state index in [0.29, 0.717) is 6.10 Å². The lowest BCUT2D eigenvalue weighted by molar-refractivity contribution is 0.197. The highest BCUT2D eigenvalue weighted by Gasteiger charge is 2.23. The Bertz CT molecular complexity index is 406. The Labute approximate surface area is 108 Å². The summed E-state index contributed by atoms with van der Waals surface area (Å²) in [6, 6.07) is 4.81. The molecule has 98 valence electrons. The van der Waals surface area contributed by atoms with Crippen LogP contribution in [0.15, 0.2) is 18.3 Å². The molecule has 1 saturated heterocycles. The molecule has 1 N–H and O–H groups in total. The van der Waals surface area contributed by atoms with Crippen molar-refractivity contribution in [2.45, 2.75) is 38.0 Å². The Morgan fingerprint density at radius 1 is 1.44 bits per heavy atom. The first-order valence-corrected chi connectivity index (χ1v) is 6.84. The van der Waals surface area contributed by atoms with Crippen molar-refractivity contribution in [2.75, 3.05) is 20.1 Å². The van der Waals surface area contributed by atoms with Crippen molar-refractivity contribution in [2.24, 2.45) is 0 Å². The third-order valence-electron chi connectivity index (χ3n) is 3.63. The van der Waals surface area contributed by atoms with Gasteiger partial charge in [0, 0.05) is 37.4 Å². The lowest BCUT2D eigenvalue weighted by Gasteiger charge is -2.15. The average molecular weight is 247 g/mol. The lowest BCUT2D eigenvalue weighted by atomic mass is 10.2. The highest BCUT2D eigenvalue weighted by Crippen LogP contribution is 2.23. The quantitative estimate of drug-likeness (QED) is 0.854. The zero-order chi connectivity index (χ0) is 12.4. The maximum absolute atomic E-state index is 6.04. The molecule has 0 bridgehead atoms. The number of likely N-dealkylation sites (N-methyl/N-ethyl adjacent to an activating group) is 1. The van der Waals surface area contributed by atoms with E-state index in [1.165, 1.54) is 18.4 Å². The standard InChI is InChI=1S/C14H21N3O/c1-17-8-6-13(10-17)18-14-11(3-2-7-15-14)9-16-12-4-5-12/h2-3,7,12-13,16H,4-6,8-10H2,1H3. The van der Waals surface area contributed by atoms with Gasteiger partial charge in [0.25, 0.3) is 0 Å². The zero-order valence-corrected chi connectivity index (χ0v) is 10.9. The van der Waals surface area contributed by atoms with E-state index in [0.717, 1.165) is 38.0 Å². The molecule has 0 spiro atoms. The summed E-state index contributed by atoms with van der Waals surface area (Å²) in [5.74, 6) is 0.811. The fourth-order valence-electron chi connectivity index (χ4n) is 2.36. The van der Waals surface area contributed by atoms with Crippen LogP contribution in [-0.4, -0.2) is 42.2 Å². The van der Waals surface area contributed by atoms with Crippen LogP contribution in [0.1, 0.15) is 24.8 Å². The molecule has 0 aromatic carbocycles. The second-order valence-corrected chi connectivity index (χ2v) is 5.41. The number of nitrogens with zero attached hydrogens (tertiary/aromatic N) is 2. The number of pyridine rings is 1. The van der Waals surface area contributed by atoms with Crippen LogP contribution < -0.4 is 10.1 Å². The number of rotatable bonds is 5. The Morgan fingerprint density at radius 2 is 2.33 bits per heavy atom. The van der Waals surface area contributed by atoms with E-state index in [-0.39, 0.29) is 0 Å². The van der Waals surface area contributed by atoms with Crippen molar-refractivity contribution < 1.29 is 4.74 Å². The van der Waals surface area contributed by atoms with Crippen molar-refractivity contribution in [3.63, 3.8) is 0 Å². The first kappa shape index (κ1) is 11.9. The molecule has 0 amide bonds. The molecule has 1 atom stereocenters. The summed E-state index contributed by atoms with van der Waals surface area (Å²) < 4.78 is 6.04. The van der Waals surface area contributed by atoms with Crippen LogP contribution in [0.25, 0.3) is 0 Å². The van der Waals surface area contributed by atoms with Crippen LogP contribution in [-0.2, 0) is 6.54 Å². The highest BCUT2D eigenvalue weighted by molar-refractivity contribution is 5.25. The number of nitrogens with one attached hydrogen (secondary N) is 1. The Hall–Kier alpha value is -1.13. The maximum Gasteiger partial charge on any atom is 0.218 e. The molecule has 1 aliphatic carbocycles. The lowest BCUT2D eigenvalue weighted by Crippen LogP contribution is -2.23. The van der Waals surface area contributed by atoms with E-state index >= 15 is 0 Å². The van der Waals surface area contributed by atoms with Gasteiger partial charge in [0.15, 0.2) is 0 Å². The van der Waals surface area contributed by atoms with Crippen molar-refractivity contribution in [1.29, 1.82) is 0 Å². The van der Waals surface area contributed by atoms with Crippen molar-refractivity contribution in [3.8, 4) is 5.88 Å². The summed E-state index contributed by atoms with van der Waals surface area (Å²) in [7, 11) is 2.14. The zero-order valence-electron chi connectivity index (χ0n) is 10.9. The molecule has 1 saturated carbocycles. The number of likely N-dealkylation sites (tertiary alicyclic amines) is 1. The summed E-state index contributed by atoms with van der Waals surface area (Å²) >= 11 is 0. The van der Waals surface area contributed by atoms with Gasteiger partial charge in [-0.25, -0.2) is 4.98 Å². The van der Waals surface area contributed by atoms with Gasteiger partial charge in [-0.05, 0) is 32.4 Å². The molecule has 1 aromatic heterocycles. The van der Waals surface area contributed by atoms with Gasteiger partial charge in [0.05, 0.1) is 0 Å². The minimum atomic E-state index is 0.296. The van der Waals surface area contributed by atoms with Crippen LogP contribution in [0.2, 0.25) is 0 Å². The molecular weight excluding hydrogens is 226 g/mol. The SMILES string of the molecule is CN1CCC(Oc2ncccc2CNC2CC2)C1. The van der Waals surface area contributed by atoms with Gasteiger partial charge in [-0.2, -0.15) is 0 Å². The van der Waals surface area contributed by atoms with Crippen molar-refractivity contribution in [1.82, 2.24) is 15.2 Å². The van der Waals surface area contributed by atoms with Gasteiger partial charge >= 0.3 is 0 Å². The normalized spacial score (nSPS) is 24.4. The van der Waals surface area contributed by atoms with Gasteiger partial charge < -0.3 is 15.0 Å². The van der Waals surface area contributed by atoms with Crippen LogP contribution in [0.3, 0.4) is 0 Å². The van der Waals surface area contributed by atoms with Gasteiger partial charge in [-0.3, -0.25) is 0 Å². The predicted molar refractivity (Wildman–Crippen MR) is 70.6 cm³/mol. The van der Waals surface area contributed by atoms with Crippen molar-refractivity contribution in [3.05, 3.63) is 23.9 Å². The van der Waals surface area contributed by atoms with Crippen LogP contribution >= 0.6 is 0 Å². The molecular formula is C14H21N3O. The number of aromatic nitrogens is 1. The summed E-state index contributed by atoms with van der Waals surface area (Å²) in [6.07, 6.45) is 5.83. The Morgan fingerprint density at radius 3 is 3.06 bits per heavy atom. The van der Waals surface area contributed by atoms with Crippen molar-refractivity contribution >= 4 is 0 Å². The molecule has 1 aliphatic heterocycles. The number of ether oxygens (including phenoxy) is 1.